The highest BCUT2D eigenvalue weighted by atomic mass is 35.5. The van der Waals surface area contributed by atoms with Crippen LogP contribution in [0.1, 0.15) is 29.1 Å². The van der Waals surface area contributed by atoms with Gasteiger partial charge in [0.2, 0.25) is 0 Å². The second-order valence-electron chi connectivity index (χ2n) is 5.13. The van der Waals surface area contributed by atoms with E-state index >= 15 is 0 Å². The number of benzene rings is 1. The Hall–Kier alpha value is -1.92. The van der Waals surface area contributed by atoms with Crippen molar-refractivity contribution >= 4 is 39.9 Å². The molecule has 0 unspecified atom stereocenters. The smallest absolute Gasteiger partial charge is 0.254 e. The van der Waals surface area contributed by atoms with Crippen LogP contribution in [0.5, 0.6) is 0 Å². The van der Waals surface area contributed by atoms with Gasteiger partial charge in [0.25, 0.3) is 5.91 Å². The van der Waals surface area contributed by atoms with Gasteiger partial charge in [-0.05, 0) is 44.2 Å². The molecule has 0 saturated heterocycles. The Morgan fingerprint density at radius 3 is 2.78 bits per heavy atom. The number of hydrogen-bond acceptors (Lipinski definition) is 4. The number of carbonyl (C=O) groups is 1. The number of thiophene rings is 1. The molecule has 2 aromatic heterocycles. The van der Waals surface area contributed by atoms with Crippen LogP contribution in [-0.4, -0.2) is 32.3 Å². The van der Waals surface area contributed by atoms with Crippen LogP contribution in [0.2, 0.25) is 4.34 Å². The highest BCUT2D eigenvalue weighted by Crippen LogP contribution is 2.23. The minimum atomic E-state index is -0.00929. The average molecular weight is 349 g/mol. The van der Waals surface area contributed by atoms with Crippen molar-refractivity contribution in [2.45, 2.75) is 26.9 Å². The zero-order valence-electron chi connectivity index (χ0n) is 13.0. The van der Waals surface area contributed by atoms with Crippen LogP contribution in [-0.2, 0) is 13.1 Å². The van der Waals surface area contributed by atoms with Crippen molar-refractivity contribution in [2.75, 3.05) is 6.54 Å². The largest absolute Gasteiger partial charge is 0.334 e. The number of amides is 1. The normalized spacial score (nSPS) is 11.1. The van der Waals surface area contributed by atoms with E-state index in [1.165, 1.54) is 11.3 Å². The van der Waals surface area contributed by atoms with Gasteiger partial charge in [-0.3, -0.25) is 4.79 Å². The van der Waals surface area contributed by atoms with Crippen LogP contribution in [0, 0.1) is 0 Å². The van der Waals surface area contributed by atoms with Gasteiger partial charge in [0.1, 0.15) is 5.52 Å². The molecule has 7 heteroatoms. The minimum absolute atomic E-state index is 0.00929. The first-order valence-corrected chi connectivity index (χ1v) is 8.68. The third-order valence-corrected chi connectivity index (χ3v) is 4.92. The summed E-state index contributed by atoms with van der Waals surface area (Å²) in [5.41, 5.74) is 2.32. The maximum Gasteiger partial charge on any atom is 0.254 e. The van der Waals surface area contributed by atoms with E-state index in [-0.39, 0.29) is 5.91 Å². The molecule has 0 spiro atoms. The molecule has 120 valence electrons. The zero-order chi connectivity index (χ0) is 16.4. The van der Waals surface area contributed by atoms with Crippen molar-refractivity contribution in [3.05, 3.63) is 45.1 Å². The predicted octanol–water partition coefficient (Wildman–Crippen LogP) is 3.83. The molecule has 23 heavy (non-hydrogen) atoms. The minimum Gasteiger partial charge on any atom is -0.334 e. The van der Waals surface area contributed by atoms with Gasteiger partial charge in [-0.15, -0.1) is 16.4 Å². The standard InChI is InChI=1S/C16H17ClN4OS/c1-3-20(10-12-6-8-15(17)23-12)16(22)11-5-7-14-13(9-11)18-19-21(14)4-2/h5-9H,3-4,10H2,1-2H3. The summed E-state index contributed by atoms with van der Waals surface area (Å²) in [5.74, 6) is -0.00929. The van der Waals surface area contributed by atoms with Crippen molar-refractivity contribution in [3.63, 3.8) is 0 Å². The lowest BCUT2D eigenvalue weighted by Crippen LogP contribution is -2.29. The second kappa shape index (κ2) is 6.68. The van der Waals surface area contributed by atoms with Crippen LogP contribution < -0.4 is 0 Å². The summed E-state index contributed by atoms with van der Waals surface area (Å²) in [6, 6.07) is 9.36. The molecule has 1 aromatic carbocycles. The molecule has 3 rings (SSSR count). The van der Waals surface area contributed by atoms with Crippen molar-refractivity contribution in [3.8, 4) is 0 Å². The van der Waals surface area contributed by atoms with Gasteiger partial charge < -0.3 is 4.90 Å². The maximum absolute atomic E-state index is 12.7. The van der Waals surface area contributed by atoms with E-state index in [9.17, 15) is 4.79 Å². The number of carbonyl (C=O) groups excluding carboxylic acids is 1. The molecule has 0 bridgehead atoms. The first-order valence-electron chi connectivity index (χ1n) is 7.49. The van der Waals surface area contributed by atoms with Gasteiger partial charge in [0, 0.05) is 23.5 Å². The van der Waals surface area contributed by atoms with E-state index < -0.39 is 0 Å². The number of nitrogens with zero attached hydrogens (tertiary/aromatic N) is 4. The van der Waals surface area contributed by atoms with Gasteiger partial charge in [0.05, 0.1) is 16.4 Å². The molecule has 5 nitrogen and oxygen atoms in total. The lowest BCUT2D eigenvalue weighted by Gasteiger charge is -2.20. The third kappa shape index (κ3) is 3.23. The van der Waals surface area contributed by atoms with E-state index in [2.05, 4.69) is 10.3 Å². The Morgan fingerprint density at radius 1 is 1.30 bits per heavy atom. The zero-order valence-corrected chi connectivity index (χ0v) is 14.6. The van der Waals surface area contributed by atoms with E-state index in [0.717, 1.165) is 26.8 Å². The monoisotopic (exact) mass is 348 g/mol. The summed E-state index contributed by atoms with van der Waals surface area (Å²) in [4.78, 5) is 15.6. The fraction of sp³-hybridized carbons (Fsp3) is 0.312. The molecule has 0 aliphatic carbocycles. The lowest BCUT2D eigenvalue weighted by molar-refractivity contribution is 0.0754. The number of aryl methyl sites for hydroxylation is 1. The van der Waals surface area contributed by atoms with Crippen LogP contribution in [0.25, 0.3) is 11.0 Å². The molecule has 2 heterocycles. The van der Waals surface area contributed by atoms with Gasteiger partial charge in [-0.25, -0.2) is 4.68 Å². The fourth-order valence-corrected chi connectivity index (χ4v) is 3.58. The van der Waals surface area contributed by atoms with E-state index in [1.807, 2.05) is 42.8 Å². The van der Waals surface area contributed by atoms with E-state index in [1.54, 1.807) is 11.0 Å². The van der Waals surface area contributed by atoms with Crippen LogP contribution in [0.4, 0.5) is 0 Å². The molecule has 0 N–H and O–H groups in total. The van der Waals surface area contributed by atoms with Crippen LogP contribution in [0.15, 0.2) is 30.3 Å². The quantitative estimate of drug-likeness (QED) is 0.704. The Bertz CT molecular complexity index is 842. The van der Waals surface area contributed by atoms with Gasteiger partial charge in [-0.2, -0.15) is 0 Å². The van der Waals surface area contributed by atoms with Crippen LogP contribution >= 0.6 is 22.9 Å². The summed E-state index contributed by atoms with van der Waals surface area (Å²) in [6.45, 7) is 5.93. The van der Waals surface area contributed by atoms with Crippen molar-refractivity contribution in [1.82, 2.24) is 19.9 Å². The number of halogens is 1. The summed E-state index contributed by atoms with van der Waals surface area (Å²) in [5, 5.41) is 8.21. The van der Waals surface area contributed by atoms with Gasteiger partial charge in [-0.1, -0.05) is 16.8 Å². The highest BCUT2D eigenvalue weighted by Gasteiger charge is 2.17. The topological polar surface area (TPSA) is 51.0 Å². The maximum atomic E-state index is 12.7. The SMILES string of the molecule is CCN(Cc1ccc(Cl)s1)C(=O)c1ccc2c(c1)nnn2CC. The van der Waals surface area contributed by atoms with Crippen molar-refractivity contribution in [2.24, 2.45) is 0 Å². The van der Waals surface area contributed by atoms with Crippen molar-refractivity contribution < 1.29 is 4.79 Å². The van der Waals surface area contributed by atoms with Gasteiger partial charge in [0.15, 0.2) is 0 Å². The predicted molar refractivity (Wildman–Crippen MR) is 92.9 cm³/mol. The number of aromatic nitrogens is 3. The Labute approximate surface area is 143 Å². The molecule has 0 aliphatic heterocycles. The number of fused-ring (bicyclic) bond motifs is 1. The summed E-state index contributed by atoms with van der Waals surface area (Å²) in [7, 11) is 0. The molecule has 1 amide bonds. The second-order valence-corrected chi connectivity index (χ2v) is 6.93. The van der Waals surface area contributed by atoms with Crippen molar-refractivity contribution in [1.29, 1.82) is 0 Å². The van der Waals surface area contributed by atoms with E-state index in [4.69, 9.17) is 11.6 Å². The first-order chi connectivity index (χ1) is 11.1. The molecule has 0 aliphatic rings. The molecule has 0 saturated carbocycles. The Balaban J connectivity index is 1.85. The number of rotatable bonds is 5. The van der Waals surface area contributed by atoms with E-state index in [0.29, 0.717) is 18.7 Å². The Morgan fingerprint density at radius 2 is 2.13 bits per heavy atom. The summed E-state index contributed by atoms with van der Waals surface area (Å²) in [6.07, 6.45) is 0. The molecule has 0 fully saturated rings. The molecule has 3 aromatic rings. The molecular weight excluding hydrogens is 332 g/mol. The molecule has 0 radical (unpaired) electrons. The summed E-state index contributed by atoms with van der Waals surface area (Å²) >= 11 is 7.46. The number of hydrogen-bond donors (Lipinski definition) is 0. The average Bonchev–Trinajstić information content (AvgIpc) is 3.16. The molecular formula is C16H17ClN4OS. The Kier molecular flexibility index (Phi) is 4.63. The summed E-state index contributed by atoms with van der Waals surface area (Å²) < 4.78 is 2.55. The molecule has 0 atom stereocenters. The van der Waals surface area contributed by atoms with Crippen LogP contribution in [0.3, 0.4) is 0 Å². The third-order valence-electron chi connectivity index (χ3n) is 3.70. The highest BCUT2D eigenvalue weighted by molar-refractivity contribution is 7.16. The first kappa shape index (κ1) is 16.0. The lowest BCUT2D eigenvalue weighted by atomic mass is 10.1. The van der Waals surface area contributed by atoms with Gasteiger partial charge >= 0.3 is 0 Å². The fourth-order valence-electron chi connectivity index (χ4n) is 2.47.